The van der Waals surface area contributed by atoms with Crippen molar-refractivity contribution in [1.82, 2.24) is 34.5 Å². The van der Waals surface area contributed by atoms with Gasteiger partial charge in [-0.05, 0) is 56.2 Å². The van der Waals surface area contributed by atoms with Gasteiger partial charge in [-0.3, -0.25) is 4.57 Å². The second-order valence-corrected chi connectivity index (χ2v) is 8.15. The fourth-order valence-electron chi connectivity index (χ4n) is 3.66. The van der Waals surface area contributed by atoms with Gasteiger partial charge in [-0.2, -0.15) is 10.2 Å². The number of halogens is 2. The van der Waals surface area contributed by atoms with E-state index in [1.54, 1.807) is 45.9 Å². The lowest BCUT2D eigenvalue weighted by atomic mass is 10.2. The van der Waals surface area contributed by atoms with E-state index in [-0.39, 0.29) is 12.3 Å². The summed E-state index contributed by atoms with van der Waals surface area (Å²) in [6.07, 6.45) is 1.98. The van der Waals surface area contributed by atoms with Crippen LogP contribution in [0.5, 0.6) is 0 Å². The molecule has 1 aromatic carbocycles. The summed E-state index contributed by atoms with van der Waals surface area (Å²) < 4.78 is 18.3. The zero-order chi connectivity index (χ0) is 23.8. The Morgan fingerprint density at radius 1 is 1.09 bits per heavy atom. The Hall–Kier alpha value is -3.89. The summed E-state index contributed by atoms with van der Waals surface area (Å²) in [5.74, 6) is 1.02. The first-order valence-corrected chi connectivity index (χ1v) is 10.9. The van der Waals surface area contributed by atoms with Gasteiger partial charge in [0.1, 0.15) is 18.0 Å². The Morgan fingerprint density at radius 2 is 1.94 bits per heavy atom. The third-order valence-corrected chi connectivity index (χ3v) is 5.51. The number of aliphatic hydroxyl groups excluding tert-OH is 1. The molecule has 4 aromatic heterocycles. The number of aromatic nitrogens is 7. The molecule has 0 atom stereocenters. The maximum absolute atomic E-state index is 15.0. The van der Waals surface area contributed by atoms with Gasteiger partial charge in [0.2, 0.25) is 0 Å². The molecule has 11 heteroatoms. The highest BCUT2D eigenvalue weighted by Crippen LogP contribution is 2.27. The molecular formula is C23H20ClFN8O. The van der Waals surface area contributed by atoms with Gasteiger partial charge in [0, 0.05) is 18.4 Å². The second kappa shape index (κ2) is 8.81. The number of fused-ring (bicyclic) bond motifs is 1. The molecule has 0 unspecified atom stereocenters. The molecule has 0 radical (unpaired) electrons. The van der Waals surface area contributed by atoms with Crippen molar-refractivity contribution in [2.45, 2.75) is 20.3 Å². The Balaban J connectivity index is 1.56. The Bertz CT molecular complexity index is 1500. The van der Waals surface area contributed by atoms with Crippen LogP contribution in [0.2, 0.25) is 5.15 Å². The van der Waals surface area contributed by atoms with Crippen molar-refractivity contribution in [3.05, 3.63) is 76.7 Å². The summed E-state index contributed by atoms with van der Waals surface area (Å²) in [7, 11) is 0. The smallest absolute Gasteiger partial charge is 0.159 e. The number of nitrogens with zero attached hydrogens (tertiary/aromatic N) is 7. The minimum atomic E-state index is -0.469. The standard InChI is InChI=1S/C23H20ClFN8O/c1-13-3-5-21(30-29-13)27-17-11-18-19(10-16(17)25)32(12-26-18)22-6-4-15(7-8-34)23(28-22)33-14(2)9-20(24)31-33/h3-6,9-12,34H,7-8H2,1-2H3,(H,27,30). The van der Waals surface area contributed by atoms with Crippen LogP contribution >= 0.6 is 11.6 Å². The lowest BCUT2D eigenvalue weighted by molar-refractivity contribution is 0.299. The van der Waals surface area contributed by atoms with Crippen LogP contribution in [0.3, 0.4) is 0 Å². The number of anilines is 2. The van der Waals surface area contributed by atoms with Crippen molar-refractivity contribution in [3.63, 3.8) is 0 Å². The average molecular weight is 479 g/mol. The number of hydrogen-bond acceptors (Lipinski definition) is 7. The van der Waals surface area contributed by atoms with E-state index in [9.17, 15) is 9.50 Å². The van der Waals surface area contributed by atoms with E-state index in [4.69, 9.17) is 16.6 Å². The highest BCUT2D eigenvalue weighted by Gasteiger charge is 2.16. The van der Waals surface area contributed by atoms with Crippen molar-refractivity contribution in [3.8, 4) is 11.6 Å². The fraction of sp³-hybridized carbons (Fsp3) is 0.174. The molecule has 0 bridgehead atoms. The van der Waals surface area contributed by atoms with E-state index in [0.29, 0.717) is 40.1 Å². The molecule has 0 saturated heterocycles. The molecule has 0 amide bonds. The molecular weight excluding hydrogens is 459 g/mol. The predicted molar refractivity (Wildman–Crippen MR) is 127 cm³/mol. The number of benzene rings is 1. The molecule has 0 aliphatic heterocycles. The molecule has 4 heterocycles. The van der Waals surface area contributed by atoms with E-state index >= 15 is 0 Å². The topological polar surface area (TPSA) is 107 Å². The van der Waals surface area contributed by atoms with Crippen LogP contribution in [0.4, 0.5) is 15.9 Å². The lowest BCUT2D eigenvalue weighted by Gasteiger charge is -2.13. The largest absolute Gasteiger partial charge is 0.396 e. The normalized spacial score (nSPS) is 11.3. The summed E-state index contributed by atoms with van der Waals surface area (Å²) in [5, 5.41) is 25.1. The lowest BCUT2D eigenvalue weighted by Crippen LogP contribution is -2.10. The molecule has 9 nitrogen and oxygen atoms in total. The van der Waals surface area contributed by atoms with Gasteiger partial charge in [0.15, 0.2) is 16.8 Å². The van der Waals surface area contributed by atoms with Gasteiger partial charge in [-0.15, -0.1) is 5.10 Å². The van der Waals surface area contributed by atoms with E-state index in [1.165, 1.54) is 6.07 Å². The molecule has 0 fully saturated rings. The maximum atomic E-state index is 15.0. The minimum Gasteiger partial charge on any atom is -0.396 e. The van der Waals surface area contributed by atoms with Crippen LogP contribution in [-0.4, -0.2) is 46.2 Å². The van der Waals surface area contributed by atoms with Crippen molar-refractivity contribution in [1.29, 1.82) is 0 Å². The van der Waals surface area contributed by atoms with Gasteiger partial charge in [-0.1, -0.05) is 17.7 Å². The Labute approximate surface area is 198 Å². The molecule has 5 rings (SSSR count). The molecule has 0 saturated carbocycles. The Morgan fingerprint density at radius 3 is 2.65 bits per heavy atom. The quantitative estimate of drug-likeness (QED) is 0.378. The van der Waals surface area contributed by atoms with Crippen molar-refractivity contribution < 1.29 is 9.50 Å². The van der Waals surface area contributed by atoms with Gasteiger partial charge < -0.3 is 10.4 Å². The third-order valence-electron chi connectivity index (χ3n) is 5.32. The summed E-state index contributed by atoms with van der Waals surface area (Å²) in [6.45, 7) is 3.65. The van der Waals surface area contributed by atoms with Crippen molar-refractivity contribution >= 4 is 34.1 Å². The van der Waals surface area contributed by atoms with Crippen molar-refractivity contribution in [2.24, 2.45) is 0 Å². The van der Waals surface area contributed by atoms with Gasteiger partial charge in [-0.25, -0.2) is 19.0 Å². The number of aryl methyl sites for hydroxylation is 2. The number of imidazole rings is 1. The van der Waals surface area contributed by atoms with Crippen LogP contribution in [-0.2, 0) is 6.42 Å². The van der Waals surface area contributed by atoms with Crippen LogP contribution in [0.25, 0.3) is 22.7 Å². The molecule has 0 aliphatic carbocycles. The SMILES string of the molecule is Cc1ccc(Nc2cc3ncn(-c4ccc(CCO)c(-n5nc(Cl)cc5C)n4)c3cc2F)nn1. The molecule has 34 heavy (non-hydrogen) atoms. The number of rotatable bonds is 6. The first kappa shape index (κ1) is 21.9. The number of nitrogens with one attached hydrogen (secondary N) is 1. The fourth-order valence-corrected chi connectivity index (χ4v) is 3.90. The maximum Gasteiger partial charge on any atom is 0.159 e. The van der Waals surface area contributed by atoms with Crippen LogP contribution in [0.1, 0.15) is 17.0 Å². The van der Waals surface area contributed by atoms with Crippen LogP contribution in [0, 0.1) is 19.7 Å². The zero-order valence-corrected chi connectivity index (χ0v) is 19.1. The molecule has 0 spiro atoms. The summed E-state index contributed by atoms with van der Waals surface area (Å²) >= 11 is 6.08. The second-order valence-electron chi connectivity index (χ2n) is 7.77. The van der Waals surface area contributed by atoms with Gasteiger partial charge in [0.25, 0.3) is 0 Å². The third kappa shape index (κ3) is 4.09. The monoisotopic (exact) mass is 478 g/mol. The number of pyridine rings is 1. The van der Waals surface area contributed by atoms with Crippen molar-refractivity contribution in [2.75, 3.05) is 11.9 Å². The number of hydrogen-bond donors (Lipinski definition) is 2. The zero-order valence-electron chi connectivity index (χ0n) is 18.4. The van der Waals surface area contributed by atoms with Gasteiger partial charge >= 0.3 is 0 Å². The minimum absolute atomic E-state index is 0.0393. The van der Waals surface area contributed by atoms with E-state index < -0.39 is 5.82 Å². The molecule has 172 valence electrons. The van der Waals surface area contributed by atoms with Crippen LogP contribution < -0.4 is 5.32 Å². The highest BCUT2D eigenvalue weighted by molar-refractivity contribution is 6.29. The van der Waals surface area contributed by atoms with Crippen LogP contribution in [0.15, 0.2) is 48.8 Å². The summed E-state index contributed by atoms with van der Waals surface area (Å²) in [5.41, 5.74) is 3.72. The molecule has 5 aromatic rings. The first-order valence-electron chi connectivity index (χ1n) is 10.5. The number of aliphatic hydroxyl groups is 1. The predicted octanol–water partition coefficient (Wildman–Crippen LogP) is 4.08. The van der Waals surface area contributed by atoms with E-state index in [2.05, 4.69) is 25.6 Å². The molecule has 0 aliphatic rings. The first-order chi connectivity index (χ1) is 16.4. The van der Waals surface area contributed by atoms with E-state index in [1.807, 2.05) is 19.9 Å². The molecule has 2 N–H and O–H groups in total. The van der Waals surface area contributed by atoms with E-state index in [0.717, 1.165) is 17.0 Å². The highest BCUT2D eigenvalue weighted by atomic mass is 35.5. The average Bonchev–Trinajstić information content (AvgIpc) is 3.37. The summed E-state index contributed by atoms with van der Waals surface area (Å²) in [4.78, 5) is 9.19. The summed E-state index contributed by atoms with van der Waals surface area (Å²) in [6, 6.07) is 11.9. The van der Waals surface area contributed by atoms with Gasteiger partial charge in [0.05, 0.1) is 22.4 Å². The Kier molecular flexibility index (Phi) is 5.68.